The molecule has 0 bridgehead atoms. The number of nitrogens with one attached hydrogen (secondary N) is 1. The molecule has 1 aromatic heterocycles. The lowest BCUT2D eigenvalue weighted by Crippen LogP contribution is -2.23. The highest BCUT2D eigenvalue weighted by atomic mass is 79.9. The van der Waals surface area contributed by atoms with Crippen molar-refractivity contribution in [2.24, 2.45) is 7.05 Å². The maximum atomic E-state index is 12.0. The van der Waals surface area contributed by atoms with Gasteiger partial charge in [-0.1, -0.05) is 15.9 Å². The van der Waals surface area contributed by atoms with Gasteiger partial charge in [-0.25, -0.2) is 0 Å². The molecule has 19 heavy (non-hydrogen) atoms. The van der Waals surface area contributed by atoms with Gasteiger partial charge in [0.1, 0.15) is 0 Å². The minimum absolute atomic E-state index is 0.0705. The van der Waals surface area contributed by atoms with Crippen molar-refractivity contribution in [3.63, 3.8) is 0 Å². The second kappa shape index (κ2) is 5.57. The predicted molar refractivity (Wildman–Crippen MR) is 78.0 cm³/mol. The number of benzene rings is 1. The number of aryl methyl sites for hydroxylation is 3. The van der Waals surface area contributed by atoms with Crippen molar-refractivity contribution in [1.29, 1.82) is 0 Å². The molecule has 0 aliphatic carbocycles. The van der Waals surface area contributed by atoms with Crippen molar-refractivity contribution >= 4 is 21.8 Å². The van der Waals surface area contributed by atoms with Crippen LogP contribution in [0.4, 0.5) is 0 Å². The van der Waals surface area contributed by atoms with Gasteiger partial charge in [0.2, 0.25) is 0 Å². The molecule has 2 aromatic rings. The van der Waals surface area contributed by atoms with Gasteiger partial charge >= 0.3 is 0 Å². The van der Waals surface area contributed by atoms with Crippen molar-refractivity contribution in [2.75, 3.05) is 0 Å². The molecule has 5 heteroatoms. The summed E-state index contributed by atoms with van der Waals surface area (Å²) in [5.41, 5.74) is 3.69. The summed E-state index contributed by atoms with van der Waals surface area (Å²) >= 11 is 3.42. The number of carbonyl (C=O) groups is 1. The minimum atomic E-state index is -0.0705. The second-order valence-corrected chi connectivity index (χ2v) is 5.41. The van der Waals surface area contributed by atoms with E-state index in [2.05, 4.69) is 26.3 Å². The van der Waals surface area contributed by atoms with Crippen LogP contribution < -0.4 is 5.32 Å². The maximum absolute atomic E-state index is 12.0. The number of carbonyl (C=O) groups excluding carboxylic acids is 1. The molecule has 1 aromatic carbocycles. The first-order valence-corrected chi connectivity index (χ1v) is 6.80. The third-order valence-corrected chi connectivity index (χ3v) is 3.86. The molecular formula is C14H16BrN3O. The van der Waals surface area contributed by atoms with Gasteiger partial charge in [-0.2, -0.15) is 5.10 Å². The number of aromatic nitrogens is 2. The highest BCUT2D eigenvalue weighted by Gasteiger charge is 2.09. The zero-order chi connectivity index (χ0) is 14.0. The molecule has 100 valence electrons. The van der Waals surface area contributed by atoms with E-state index in [1.807, 2.05) is 45.3 Å². The Bertz CT molecular complexity index is 619. The van der Waals surface area contributed by atoms with Crippen LogP contribution in [0.3, 0.4) is 0 Å². The fraction of sp³-hybridized carbons (Fsp3) is 0.286. The summed E-state index contributed by atoms with van der Waals surface area (Å²) in [6, 6.07) is 5.57. The molecule has 0 spiro atoms. The summed E-state index contributed by atoms with van der Waals surface area (Å²) in [5.74, 6) is -0.0705. The van der Waals surface area contributed by atoms with Crippen molar-refractivity contribution in [2.45, 2.75) is 20.4 Å². The van der Waals surface area contributed by atoms with Crippen LogP contribution >= 0.6 is 15.9 Å². The Hall–Kier alpha value is -1.62. The second-order valence-electron chi connectivity index (χ2n) is 4.56. The summed E-state index contributed by atoms with van der Waals surface area (Å²) in [6.45, 7) is 4.39. The quantitative estimate of drug-likeness (QED) is 0.944. The van der Waals surface area contributed by atoms with Crippen molar-refractivity contribution < 1.29 is 4.79 Å². The lowest BCUT2D eigenvalue weighted by Gasteiger charge is -2.06. The van der Waals surface area contributed by atoms with Crippen LogP contribution in [0.15, 0.2) is 28.9 Å². The van der Waals surface area contributed by atoms with E-state index in [1.54, 1.807) is 4.68 Å². The van der Waals surface area contributed by atoms with Crippen LogP contribution in [0.25, 0.3) is 0 Å². The topological polar surface area (TPSA) is 46.9 Å². The van der Waals surface area contributed by atoms with Crippen molar-refractivity contribution in [1.82, 2.24) is 15.1 Å². The Labute approximate surface area is 120 Å². The molecule has 0 atom stereocenters. The van der Waals surface area contributed by atoms with Gasteiger partial charge in [-0.15, -0.1) is 0 Å². The van der Waals surface area contributed by atoms with Gasteiger partial charge in [-0.3, -0.25) is 9.48 Å². The summed E-state index contributed by atoms with van der Waals surface area (Å²) in [6.07, 6.45) is 1.92. The van der Waals surface area contributed by atoms with Crippen LogP contribution in [0.1, 0.15) is 27.2 Å². The summed E-state index contributed by atoms with van der Waals surface area (Å²) < 4.78 is 2.76. The number of hydrogen-bond donors (Lipinski definition) is 1. The highest BCUT2D eigenvalue weighted by molar-refractivity contribution is 9.10. The van der Waals surface area contributed by atoms with Crippen molar-refractivity contribution in [3.05, 3.63) is 51.3 Å². The number of rotatable bonds is 3. The molecule has 0 radical (unpaired) electrons. The zero-order valence-corrected chi connectivity index (χ0v) is 12.8. The number of hydrogen-bond acceptors (Lipinski definition) is 2. The van der Waals surface area contributed by atoms with E-state index < -0.39 is 0 Å². The van der Waals surface area contributed by atoms with Gasteiger partial charge < -0.3 is 5.32 Å². The first-order chi connectivity index (χ1) is 8.97. The number of halogens is 1. The summed E-state index contributed by atoms with van der Waals surface area (Å²) in [7, 11) is 1.87. The number of amides is 1. The van der Waals surface area contributed by atoms with E-state index in [1.165, 1.54) is 0 Å². The van der Waals surface area contributed by atoms with Crippen LogP contribution in [0, 0.1) is 13.8 Å². The molecular weight excluding hydrogens is 306 g/mol. The normalized spacial score (nSPS) is 10.5. The minimum Gasteiger partial charge on any atom is -0.348 e. The van der Waals surface area contributed by atoms with Crippen molar-refractivity contribution in [3.8, 4) is 0 Å². The van der Waals surface area contributed by atoms with E-state index in [0.29, 0.717) is 12.1 Å². The van der Waals surface area contributed by atoms with E-state index in [4.69, 9.17) is 0 Å². The van der Waals surface area contributed by atoms with Gasteiger partial charge in [-0.05, 0) is 37.6 Å². The third kappa shape index (κ3) is 3.23. The van der Waals surface area contributed by atoms with Gasteiger partial charge in [0.05, 0.1) is 5.69 Å². The summed E-state index contributed by atoms with van der Waals surface area (Å²) in [5, 5.41) is 7.16. The average molecular weight is 322 g/mol. The molecule has 1 N–H and O–H groups in total. The largest absolute Gasteiger partial charge is 0.348 e. The monoisotopic (exact) mass is 321 g/mol. The fourth-order valence-electron chi connectivity index (χ4n) is 1.89. The van der Waals surface area contributed by atoms with Crippen LogP contribution in [0.5, 0.6) is 0 Å². The lowest BCUT2D eigenvalue weighted by atomic mass is 10.1. The Morgan fingerprint density at radius 3 is 2.74 bits per heavy atom. The zero-order valence-electron chi connectivity index (χ0n) is 11.2. The molecule has 1 heterocycles. The van der Waals surface area contributed by atoms with Gasteiger partial charge in [0.25, 0.3) is 5.91 Å². The average Bonchev–Trinajstić information content (AvgIpc) is 2.68. The Morgan fingerprint density at radius 2 is 2.16 bits per heavy atom. The molecule has 2 rings (SSSR count). The molecule has 1 amide bonds. The van der Waals surface area contributed by atoms with E-state index in [0.717, 1.165) is 21.3 Å². The lowest BCUT2D eigenvalue weighted by molar-refractivity contribution is 0.0951. The highest BCUT2D eigenvalue weighted by Crippen LogP contribution is 2.17. The molecule has 0 saturated carbocycles. The predicted octanol–water partition coefficient (Wildman–Crippen LogP) is 2.73. The van der Waals surface area contributed by atoms with E-state index in [-0.39, 0.29) is 5.91 Å². The standard InChI is InChI=1S/C14H16BrN3O/c1-9-6-11(4-5-13(9)15)14(19)16-7-12-8-18(3)17-10(12)2/h4-6,8H,7H2,1-3H3,(H,16,19). The Morgan fingerprint density at radius 1 is 1.42 bits per heavy atom. The first kappa shape index (κ1) is 13.8. The van der Waals surface area contributed by atoms with Gasteiger partial charge in [0.15, 0.2) is 0 Å². The van der Waals surface area contributed by atoms with Gasteiger partial charge in [0, 0.05) is 35.4 Å². The molecule has 0 saturated heterocycles. The molecule has 0 aliphatic heterocycles. The third-order valence-electron chi connectivity index (χ3n) is 2.97. The Balaban J connectivity index is 2.05. The van der Waals surface area contributed by atoms with E-state index in [9.17, 15) is 4.79 Å². The summed E-state index contributed by atoms with van der Waals surface area (Å²) in [4.78, 5) is 12.0. The van der Waals surface area contributed by atoms with Crippen LogP contribution in [0.2, 0.25) is 0 Å². The number of nitrogens with zero attached hydrogens (tertiary/aromatic N) is 2. The Kier molecular flexibility index (Phi) is 4.04. The van der Waals surface area contributed by atoms with Crippen LogP contribution in [-0.4, -0.2) is 15.7 Å². The first-order valence-electron chi connectivity index (χ1n) is 6.01. The van der Waals surface area contributed by atoms with E-state index >= 15 is 0 Å². The van der Waals surface area contributed by atoms with Crippen LogP contribution in [-0.2, 0) is 13.6 Å². The maximum Gasteiger partial charge on any atom is 0.251 e. The molecule has 0 fully saturated rings. The SMILES string of the molecule is Cc1cc(C(=O)NCc2cn(C)nc2C)ccc1Br. The fourth-order valence-corrected chi connectivity index (χ4v) is 2.13. The molecule has 0 unspecified atom stereocenters. The smallest absolute Gasteiger partial charge is 0.251 e. The molecule has 0 aliphatic rings. The molecule has 4 nitrogen and oxygen atoms in total.